The molecule has 48 heavy (non-hydrogen) atoms. The van der Waals surface area contributed by atoms with Crippen LogP contribution in [0.1, 0.15) is 61.0 Å². The Morgan fingerprint density at radius 2 is 1.52 bits per heavy atom. The van der Waals surface area contributed by atoms with Gasteiger partial charge in [-0.25, -0.2) is 24.5 Å². The van der Waals surface area contributed by atoms with Crippen molar-refractivity contribution < 1.29 is 28.6 Å². The number of likely N-dealkylation sites (tertiary alicyclic amines) is 2. The molecule has 3 amide bonds. The van der Waals surface area contributed by atoms with E-state index in [0.717, 1.165) is 36.1 Å². The van der Waals surface area contributed by atoms with Crippen molar-refractivity contribution in [2.75, 3.05) is 20.2 Å². The number of nitrogens with one attached hydrogen (secondary N) is 3. The maximum atomic E-state index is 13.8. The number of oxazole rings is 1. The van der Waals surface area contributed by atoms with E-state index in [-0.39, 0.29) is 18.0 Å². The van der Waals surface area contributed by atoms with Crippen molar-refractivity contribution in [3.05, 3.63) is 90.4 Å². The van der Waals surface area contributed by atoms with Gasteiger partial charge >= 0.3 is 12.2 Å². The zero-order chi connectivity index (χ0) is 33.2. The van der Waals surface area contributed by atoms with Gasteiger partial charge in [-0.15, -0.1) is 0 Å². The largest absolute Gasteiger partial charge is 0.465 e. The molecule has 4 N–H and O–H groups in total. The number of aromatic amines is 2. The average molecular weight is 651 g/mol. The van der Waals surface area contributed by atoms with Crippen LogP contribution in [0.15, 0.2) is 77.6 Å². The van der Waals surface area contributed by atoms with Gasteiger partial charge in [0.25, 0.3) is 5.91 Å². The Labute approximate surface area is 275 Å². The molecule has 5 heterocycles. The fraction of sp³-hybridized carbons (Fsp3) is 0.294. The van der Waals surface area contributed by atoms with E-state index in [1.165, 1.54) is 12.0 Å². The summed E-state index contributed by atoms with van der Waals surface area (Å²) in [4.78, 5) is 60.8. The van der Waals surface area contributed by atoms with Gasteiger partial charge in [0.1, 0.15) is 23.4 Å². The summed E-state index contributed by atoms with van der Waals surface area (Å²) in [5.74, 6) is 1.92. The number of rotatable bonds is 8. The highest BCUT2D eigenvalue weighted by molar-refractivity contribution is 5.87. The molecule has 2 aliphatic rings. The number of alkyl carbamates (subject to hydrolysis) is 1. The number of hydrogen-bond donors (Lipinski definition) is 4. The fourth-order valence-electron chi connectivity index (χ4n) is 6.47. The number of aromatic nitrogens is 5. The van der Waals surface area contributed by atoms with E-state index in [2.05, 4.69) is 25.3 Å². The van der Waals surface area contributed by atoms with Gasteiger partial charge in [0.15, 0.2) is 5.76 Å². The second-order valence-corrected chi connectivity index (χ2v) is 11.8. The number of benzene rings is 2. The van der Waals surface area contributed by atoms with Crippen molar-refractivity contribution >= 4 is 18.1 Å². The Balaban J connectivity index is 1.04. The van der Waals surface area contributed by atoms with Crippen LogP contribution in [0.5, 0.6) is 0 Å². The van der Waals surface area contributed by atoms with Crippen LogP contribution >= 0.6 is 0 Å². The first kappa shape index (κ1) is 30.7. The van der Waals surface area contributed by atoms with E-state index < -0.39 is 18.2 Å². The Kier molecular flexibility index (Phi) is 8.36. The van der Waals surface area contributed by atoms with Crippen LogP contribution < -0.4 is 5.32 Å². The second kappa shape index (κ2) is 13.1. The van der Waals surface area contributed by atoms with E-state index in [1.54, 1.807) is 29.4 Å². The second-order valence-electron chi connectivity index (χ2n) is 11.8. The third-order valence-electron chi connectivity index (χ3n) is 8.88. The lowest BCUT2D eigenvalue weighted by atomic mass is 10.1. The number of nitrogens with zero attached hydrogens (tertiary/aromatic N) is 5. The molecule has 0 spiro atoms. The molecule has 0 saturated carbocycles. The molecule has 14 heteroatoms. The number of carbonyl (C=O) groups is 3. The van der Waals surface area contributed by atoms with E-state index in [1.807, 2.05) is 48.7 Å². The molecule has 7 rings (SSSR count). The number of carboxylic acid groups (broad SMARTS) is 1. The summed E-state index contributed by atoms with van der Waals surface area (Å²) in [5.41, 5.74) is 3.60. The van der Waals surface area contributed by atoms with E-state index in [4.69, 9.17) is 14.1 Å². The van der Waals surface area contributed by atoms with Crippen LogP contribution in [-0.4, -0.2) is 78.1 Å². The maximum Gasteiger partial charge on any atom is 0.407 e. The van der Waals surface area contributed by atoms with Crippen LogP contribution in [-0.2, 0) is 9.53 Å². The van der Waals surface area contributed by atoms with Gasteiger partial charge in [-0.2, -0.15) is 0 Å². The van der Waals surface area contributed by atoms with Crippen molar-refractivity contribution in [3.8, 4) is 34.2 Å². The molecule has 0 aliphatic carbocycles. The average Bonchev–Trinajstić information content (AvgIpc) is 3.96. The number of ether oxygens (including phenoxy) is 1. The first-order valence-corrected chi connectivity index (χ1v) is 15.8. The van der Waals surface area contributed by atoms with E-state index in [9.17, 15) is 19.5 Å². The number of hydrogen-bond acceptors (Lipinski definition) is 8. The summed E-state index contributed by atoms with van der Waals surface area (Å²) in [6.45, 7) is 1.03. The first-order chi connectivity index (χ1) is 23.4. The molecule has 0 bridgehead atoms. The lowest BCUT2D eigenvalue weighted by Gasteiger charge is -2.28. The normalized spacial score (nSPS) is 18.2. The summed E-state index contributed by atoms with van der Waals surface area (Å²) in [7, 11) is 1.27. The van der Waals surface area contributed by atoms with Gasteiger partial charge in [-0.05, 0) is 31.2 Å². The minimum atomic E-state index is -0.957. The maximum absolute atomic E-state index is 13.8. The highest BCUT2D eigenvalue weighted by Gasteiger charge is 2.37. The van der Waals surface area contributed by atoms with Crippen molar-refractivity contribution in [1.29, 1.82) is 0 Å². The minimum absolute atomic E-state index is 0.227. The summed E-state index contributed by atoms with van der Waals surface area (Å²) < 4.78 is 10.8. The highest BCUT2D eigenvalue weighted by Crippen LogP contribution is 2.35. The van der Waals surface area contributed by atoms with Gasteiger partial charge < -0.3 is 34.4 Å². The Morgan fingerprint density at radius 3 is 2.21 bits per heavy atom. The molecular formula is C34H34N8O6. The molecule has 3 atom stereocenters. The predicted molar refractivity (Wildman–Crippen MR) is 172 cm³/mol. The minimum Gasteiger partial charge on any atom is -0.465 e. The third-order valence-corrected chi connectivity index (χ3v) is 8.88. The van der Waals surface area contributed by atoms with Crippen molar-refractivity contribution in [1.82, 2.24) is 40.0 Å². The summed E-state index contributed by atoms with van der Waals surface area (Å²) in [5, 5.41) is 12.2. The lowest BCUT2D eigenvalue weighted by molar-refractivity contribution is -0.134. The fourth-order valence-corrected chi connectivity index (χ4v) is 6.47. The number of carbonyl (C=O) groups excluding carboxylic acids is 2. The van der Waals surface area contributed by atoms with Crippen LogP contribution in [0.25, 0.3) is 34.2 Å². The van der Waals surface area contributed by atoms with Gasteiger partial charge in [-0.1, -0.05) is 54.6 Å². The highest BCUT2D eigenvalue weighted by atomic mass is 16.5. The Hall–Kier alpha value is -5.92. The number of amides is 3. The molecule has 0 radical (unpaired) electrons. The molecule has 2 fully saturated rings. The summed E-state index contributed by atoms with van der Waals surface area (Å²) in [6, 6.07) is 15.4. The Bertz CT molecular complexity index is 1920. The zero-order valence-corrected chi connectivity index (χ0v) is 26.1. The standard InChI is InChI=1S/C34H34N8O6/c1-47-33(44)40-28(22-7-3-2-4-8-22)32(43)41-15-5-9-25(41)29-35-17-23(38-29)20-11-13-21(14-12-20)27-19-37-31(48-27)24-18-36-30(39-24)26-10-6-16-42(26)34(45)46/h2-4,7-8,11-14,17-19,25-26,28H,5-6,9-10,15-16H2,1H3,(H,35,38)(H,36,39)(H,40,44)(H,45,46)/t25-,26-,28+/m0/s1. The van der Waals surface area contributed by atoms with Gasteiger partial charge in [0.2, 0.25) is 5.89 Å². The van der Waals surface area contributed by atoms with Crippen LogP contribution in [0.3, 0.4) is 0 Å². The third kappa shape index (κ3) is 5.99. The molecule has 5 aromatic rings. The van der Waals surface area contributed by atoms with Crippen LogP contribution in [0, 0.1) is 0 Å². The molecule has 2 aromatic carbocycles. The van der Waals surface area contributed by atoms with Gasteiger partial charge in [0.05, 0.1) is 31.1 Å². The summed E-state index contributed by atoms with van der Waals surface area (Å²) in [6.07, 6.45) is 6.54. The van der Waals surface area contributed by atoms with Gasteiger partial charge in [-0.3, -0.25) is 9.69 Å². The van der Waals surface area contributed by atoms with Crippen LogP contribution in [0.4, 0.5) is 9.59 Å². The molecule has 2 saturated heterocycles. The van der Waals surface area contributed by atoms with Crippen molar-refractivity contribution in [2.24, 2.45) is 0 Å². The van der Waals surface area contributed by atoms with Crippen molar-refractivity contribution in [2.45, 2.75) is 43.8 Å². The topological polar surface area (TPSA) is 183 Å². The summed E-state index contributed by atoms with van der Waals surface area (Å²) >= 11 is 0. The lowest BCUT2D eigenvalue weighted by Crippen LogP contribution is -2.42. The molecule has 0 unspecified atom stereocenters. The smallest absolute Gasteiger partial charge is 0.407 e. The molecule has 14 nitrogen and oxygen atoms in total. The molecular weight excluding hydrogens is 616 g/mol. The zero-order valence-electron chi connectivity index (χ0n) is 26.1. The number of imidazole rings is 2. The molecule has 246 valence electrons. The quantitative estimate of drug-likeness (QED) is 0.164. The number of methoxy groups -OCH3 is 1. The van der Waals surface area contributed by atoms with E-state index >= 15 is 0 Å². The van der Waals surface area contributed by atoms with E-state index in [0.29, 0.717) is 54.1 Å². The first-order valence-electron chi connectivity index (χ1n) is 15.8. The SMILES string of the molecule is COC(=O)N[C@@H](C(=O)N1CCC[C@H]1c1nc(-c2ccc(-c3cnc(-c4c[nH]c([C@@H]5CCCN5C(=O)O)n4)o3)cc2)c[nH]1)c1ccccc1. The molecule has 3 aromatic heterocycles. The molecule has 2 aliphatic heterocycles. The predicted octanol–water partition coefficient (Wildman–Crippen LogP) is 5.70. The van der Waals surface area contributed by atoms with Crippen LogP contribution in [0.2, 0.25) is 0 Å². The monoisotopic (exact) mass is 650 g/mol. The number of H-pyrrole nitrogens is 2. The Morgan fingerprint density at radius 1 is 0.896 bits per heavy atom. The van der Waals surface area contributed by atoms with Crippen molar-refractivity contribution in [3.63, 3.8) is 0 Å². The van der Waals surface area contributed by atoms with Gasteiger partial charge in [0, 0.05) is 36.6 Å².